The van der Waals surface area contributed by atoms with Gasteiger partial charge in [-0.05, 0) is 6.92 Å². The Morgan fingerprint density at radius 3 is 2.70 bits per heavy atom. The van der Waals surface area contributed by atoms with Crippen molar-refractivity contribution < 1.29 is 9.53 Å². The normalized spacial score (nSPS) is 10.3. The molecule has 3 heteroatoms. The molecule has 0 rings (SSSR count). The van der Waals surface area contributed by atoms with Gasteiger partial charge in [-0.15, -0.1) is 0 Å². The molecule has 0 heterocycles. The number of nitrogens with zero attached hydrogens (tertiary/aromatic N) is 1. The molecule has 0 fully saturated rings. The molecule has 0 aliphatic heterocycles. The Labute approximate surface area is 60.1 Å². The smallest absolute Gasteiger partial charge is 0.335 e. The predicted octanol–water partition coefficient (Wildman–Crippen LogP) is 1.37. The van der Waals surface area contributed by atoms with E-state index in [2.05, 4.69) is 9.58 Å². The highest BCUT2D eigenvalue weighted by molar-refractivity contribution is 5.90. The van der Waals surface area contributed by atoms with E-state index in [4.69, 9.17) is 6.57 Å². The predicted molar refractivity (Wildman–Crippen MR) is 37.0 cm³/mol. The maximum atomic E-state index is 10.7. The average molecular weight is 139 g/mol. The van der Waals surface area contributed by atoms with Crippen molar-refractivity contribution in [1.82, 2.24) is 0 Å². The fourth-order valence-corrected chi connectivity index (χ4v) is 0.433. The first kappa shape index (κ1) is 8.70. The van der Waals surface area contributed by atoms with Gasteiger partial charge in [0.05, 0.1) is 13.2 Å². The minimum Gasteiger partial charge on any atom is -0.471 e. The summed E-state index contributed by atoms with van der Waals surface area (Å²) in [4.78, 5) is 13.7. The standard InChI is InChI=1S/C7H9NO2/c1-4-6(8-3)7(9)10-5-2/h4H,5H2,1-2H3/b6-4-. The molecule has 54 valence electrons. The molecule has 0 amide bonds. The van der Waals surface area contributed by atoms with Crippen LogP contribution in [0, 0.1) is 6.57 Å². The number of ether oxygens (including phenoxy) is 1. The summed E-state index contributed by atoms with van der Waals surface area (Å²) in [6, 6.07) is 0. The maximum Gasteiger partial charge on any atom is 0.335 e. The topological polar surface area (TPSA) is 30.7 Å². The van der Waals surface area contributed by atoms with Gasteiger partial charge in [0, 0.05) is 0 Å². The van der Waals surface area contributed by atoms with Crippen LogP contribution in [0.3, 0.4) is 0 Å². The summed E-state index contributed by atoms with van der Waals surface area (Å²) in [6.07, 6.45) is 1.44. The Morgan fingerprint density at radius 2 is 2.40 bits per heavy atom. The van der Waals surface area contributed by atoms with E-state index in [9.17, 15) is 4.79 Å². The van der Waals surface area contributed by atoms with Gasteiger partial charge in [-0.2, -0.15) is 0 Å². The molecule has 10 heavy (non-hydrogen) atoms. The molecule has 0 radical (unpaired) electrons. The number of hydrogen-bond acceptors (Lipinski definition) is 2. The van der Waals surface area contributed by atoms with Crippen molar-refractivity contribution in [2.75, 3.05) is 6.61 Å². The van der Waals surface area contributed by atoms with Crippen LogP contribution in [0.5, 0.6) is 0 Å². The van der Waals surface area contributed by atoms with E-state index >= 15 is 0 Å². The summed E-state index contributed by atoms with van der Waals surface area (Å²) >= 11 is 0. The van der Waals surface area contributed by atoms with Crippen LogP contribution in [0.4, 0.5) is 0 Å². The Balaban J connectivity index is 4.08. The molecule has 0 aromatic carbocycles. The molecule has 0 aromatic rings. The number of carbonyl (C=O) groups excluding carboxylic acids is 1. The number of rotatable bonds is 2. The van der Waals surface area contributed by atoms with Gasteiger partial charge in [0.2, 0.25) is 0 Å². The van der Waals surface area contributed by atoms with Crippen LogP contribution in [-0.2, 0) is 9.53 Å². The number of carbonyl (C=O) groups is 1. The van der Waals surface area contributed by atoms with Crippen molar-refractivity contribution in [2.45, 2.75) is 13.8 Å². The maximum absolute atomic E-state index is 10.7. The van der Waals surface area contributed by atoms with Gasteiger partial charge in [-0.3, -0.25) is 4.79 Å². The lowest BCUT2D eigenvalue weighted by Crippen LogP contribution is -2.04. The van der Waals surface area contributed by atoms with E-state index < -0.39 is 5.97 Å². The first-order valence-electron chi connectivity index (χ1n) is 2.97. The van der Waals surface area contributed by atoms with E-state index in [0.717, 1.165) is 0 Å². The molecule has 0 spiro atoms. The zero-order chi connectivity index (χ0) is 7.98. The minimum absolute atomic E-state index is 0.0434. The third-order valence-electron chi connectivity index (χ3n) is 0.878. The van der Waals surface area contributed by atoms with Crippen LogP contribution in [0.25, 0.3) is 4.85 Å². The second kappa shape index (κ2) is 4.57. The van der Waals surface area contributed by atoms with Gasteiger partial charge < -0.3 is 4.74 Å². The Bertz CT molecular complexity index is 188. The molecule has 0 aliphatic rings. The molecule has 0 saturated heterocycles. The fourth-order valence-electron chi connectivity index (χ4n) is 0.433. The van der Waals surface area contributed by atoms with Crippen LogP contribution >= 0.6 is 0 Å². The first-order chi connectivity index (χ1) is 4.76. The van der Waals surface area contributed by atoms with Crippen LogP contribution < -0.4 is 0 Å². The number of esters is 1. The Kier molecular flexibility index (Phi) is 3.97. The van der Waals surface area contributed by atoms with Crippen molar-refractivity contribution >= 4 is 5.97 Å². The highest BCUT2D eigenvalue weighted by Gasteiger charge is 2.07. The zero-order valence-electron chi connectivity index (χ0n) is 6.05. The van der Waals surface area contributed by atoms with Crippen molar-refractivity contribution in [1.29, 1.82) is 0 Å². The quantitative estimate of drug-likeness (QED) is 0.328. The Hall–Kier alpha value is -1.30. The number of allylic oxidation sites excluding steroid dienone is 1. The third kappa shape index (κ3) is 2.31. The molecule has 0 bridgehead atoms. The van der Waals surface area contributed by atoms with Crippen LogP contribution in [0.2, 0.25) is 0 Å². The molecular formula is C7H9NO2. The fraction of sp³-hybridized carbons (Fsp3) is 0.429. The van der Waals surface area contributed by atoms with E-state index in [1.165, 1.54) is 6.08 Å². The van der Waals surface area contributed by atoms with Gasteiger partial charge in [0.25, 0.3) is 5.70 Å². The summed E-state index contributed by atoms with van der Waals surface area (Å²) in [5.74, 6) is -0.542. The zero-order valence-corrected chi connectivity index (χ0v) is 6.05. The van der Waals surface area contributed by atoms with Gasteiger partial charge in [-0.25, -0.2) is 4.85 Å². The summed E-state index contributed by atoms with van der Waals surface area (Å²) < 4.78 is 4.56. The minimum atomic E-state index is -0.542. The number of hydrogen-bond donors (Lipinski definition) is 0. The van der Waals surface area contributed by atoms with Gasteiger partial charge in [0.15, 0.2) is 0 Å². The van der Waals surface area contributed by atoms with Crippen molar-refractivity contribution in [2.24, 2.45) is 0 Å². The van der Waals surface area contributed by atoms with Crippen LogP contribution in [0.1, 0.15) is 13.8 Å². The lowest BCUT2D eigenvalue weighted by atomic mass is 10.4. The van der Waals surface area contributed by atoms with E-state index in [1.54, 1.807) is 13.8 Å². The van der Waals surface area contributed by atoms with Crippen LogP contribution in [-0.4, -0.2) is 12.6 Å². The van der Waals surface area contributed by atoms with E-state index in [-0.39, 0.29) is 5.70 Å². The second-order valence-electron chi connectivity index (χ2n) is 1.51. The summed E-state index contributed by atoms with van der Waals surface area (Å²) in [7, 11) is 0. The SMILES string of the molecule is [C-]#[N+]/C(=C\C)C(=O)OCC. The second-order valence-corrected chi connectivity index (χ2v) is 1.51. The lowest BCUT2D eigenvalue weighted by molar-refractivity contribution is -0.138. The van der Waals surface area contributed by atoms with Crippen molar-refractivity contribution in [3.8, 4) is 0 Å². The first-order valence-corrected chi connectivity index (χ1v) is 2.97. The van der Waals surface area contributed by atoms with Gasteiger partial charge >= 0.3 is 5.97 Å². The third-order valence-corrected chi connectivity index (χ3v) is 0.878. The summed E-state index contributed by atoms with van der Waals surface area (Å²) in [6.45, 7) is 10.2. The van der Waals surface area contributed by atoms with Gasteiger partial charge in [-0.1, -0.05) is 13.0 Å². The highest BCUT2D eigenvalue weighted by Crippen LogP contribution is 1.98. The molecule has 0 unspecified atom stereocenters. The van der Waals surface area contributed by atoms with Crippen molar-refractivity contribution in [3.63, 3.8) is 0 Å². The average Bonchev–Trinajstić information content (AvgIpc) is 1.91. The molecule has 0 aliphatic carbocycles. The van der Waals surface area contributed by atoms with Gasteiger partial charge in [0.1, 0.15) is 0 Å². The molecule has 0 atom stereocenters. The largest absolute Gasteiger partial charge is 0.471 e. The molecule has 3 nitrogen and oxygen atoms in total. The van der Waals surface area contributed by atoms with Crippen molar-refractivity contribution in [3.05, 3.63) is 23.2 Å². The molecule has 0 aromatic heterocycles. The van der Waals surface area contributed by atoms with E-state index in [0.29, 0.717) is 6.61 Å². The highest BCUT2D eigenvalue weighted by atomic mass is 16.5. The summed E-state index contributed by atoms with van der Waals surface area (Å²) in [5.41, 5.74) is 0.0434. The van der Waals surface area contributed by atoms with Crippen LogP contribution in [0.15, 0.2) is 11.8 Å². The Morgan fingerprint density at radius 1 is 1.80 bits per heavy atom. The molecule has 0 N–H and O–H groups in total. The monoisotopic (exact) mass is 139 g/mol. The molecular weight excluding hydrogens is 130 g/mol. The van der Waals surface area contributed by atoms with E-state index in [1.807, 2.05) is 0 Å². The summed E-state index contributed by atoms with van der Waals surface area (Å²) in [5, 5.41) is 0. The lowest BCUT2D eigenvalue weighted by Gasteiger charge is -1.96. The molecule has 0 saturated carbocycles.